The van der Waals surface area contributed by atoms with Crippen molar-refractivity contribution < 1.29 is 29.2 Å². The molecule has 6 nitrogen and oxygen atoms in total. The predicted molar refractivity (Wildman–Crippen MR) is 123 cm³/mol. The standard InChI is InChI=1S/C28H34O6/c1-14(21-13-25(2)27(4,34-25)24(31)32-21)15-7-8-16-17-11-23-28(33-23)9-5-6-22(30)26(28,3)19(17)12-20(29)18(16)10-15/h5-8,10,14,17,19-21,23-24,29,31H,9,11-13H2,1-4H3/t14-,17-,19-,20+,21+,23-,24+,25-,26-,27+,28-/m0/s1. The highest BCUT2D eigenvalue weighted by atomic mass is 16.7. The fourth-order valence-electron chi connectivity index (χ4n) is 8.17. The van der Waals surface area contributed by atoms with Crippen molar-refractivity contribution in [3.8, 4) is 0 Å². The summed E-state index contributed by atoms with van der Waals surface area (Å²) in [7, 11) is 0. The normalized spacial score (nSPS) is 53.1. The SMILES string of the molecule is C[C@@H](c1ccc2c(c1)[C@H](O)C[C@H]1[C@H]2C[C@@H]2O[C@@]23CC=CC(=O)[C@]13C)[C@H]1C[C@]2(C)O[C@]2(C)[C@H](O)O1. The molecule has 0 radical (unpaired) electrons. The Morgan fingerprint density at radius 3 is 2.68 bits per heavy atom. The maximum absolute atomic E-state index is 13.2. The molecule has 1 aromatic rings. The summed E-state index contributed by atoms with van der Waals surface area (Å²) in [5, 5.41) is 21.8. The first-order valence-corrected chi connectivity index (χ1v) is 12.8. The maximum Gasteiger partial charge on any atom is 0.186 e. The monoisotopic (exact) mass is 466 g/mol. The summed E-state index contributed by atoms with van der Waals surface area (Å²) in [6, 6.07) is 6.42. The van der Waals surface area contributed by atoms with Crippen molar-refractivity contribution in [3.05, 3.63) is 47.0 Å². The van der Waals surface area contributed by atoms with Crippen LogP contribution < -0.4 is 0 Å². The number of aliphatic hydroxyl groups is 2. The molecule has 7 rings (SSSR count). The quantitative estimate of drug-likeness (QED) is 0.647. The van der Waals surface area contributed by atoms with Gasteiger partial charge in [-0.3, -0.25) is 4.79 Å². The third kappa shape index (κ3) is 2.42. The van der Waals surface area contributed by atoms with Crippen LogP contribution in [0.1, 0.15) is 88.0 Å². The second-order valence-electron chi connectivity index (χ2n) is 12.2. The number of hydrogen-bond acceptors (Lipinski definition) is 6. The molecule has 1 spiro atoms. The zero-order chi connectivity index (χ0) is 23.8. The van der Waals surface area contributed by atoms with Gasteiger partial charge in [0.2, 0.25) is 0 Å². The van der Waals surface area contributed by atoms with E-state index in [2.05, 4.69) is 32.0 Å². The Balaban J connectivity index is 1.21. The number of allylic oxidation sites excluding steroid dienone is 1. The Bertz CT molecular complexity index is 1130. The van der Waals surface area contributed by atoms with Crippen LogP contribution >= 0.6 is 0 Å². The molecule has 4 fully saturated rings. The average molecular weight is 467 g/mol. The summed E-state index contributed by atoms with van der Waals surface area (Å²) in [5.41, 5.74) is 1.28. The molecule has 0 bridgehead atoms. The molecule has 11 atom stereocenters. The van der Waals surface area contributed by atoms with Crippen LogP contribution in [0.2, 0.25) is 0 Å². The van der Waals surface area contributed by atoms with Gasteiger partial charge in [-0.25, -0.2) is 0 Å². The smallest absolute Gasteiger partial charge is 0.186 e. The number of hydrogen-bond donors (Lipinski definition) is 2. The fourth-order valence-corrected chi connectivity index (χ4v) is 8.17. The van der Waals surface area contributed by atoms with Gasteiger partial charge in [-0.1, -0.05) is 31.2 Å². The minimum atomic E-state index is -0.938. The first kappa shape index (κ1) is 21.7. The first-order chi connectivity index (χ1) is 16.0. The second-order valence-corrected chi connectivity index (χ2v) is 12.2. The minimum Gasteiger partial charge on any atom is -0.388 e. The van der Waals surface area contributed by atoms with Crippen LogP contribution in [0.25, 0.3) is 0 Å². The lowest BCUT2D eigenvalue weighted by molar-refractivity contribution is -0.187. The molecule has 0 unspecified atom stereocenters. The number of aliphatic hydroxyl groups excluding tert-OH is 2. The number of carbonyl (C=O) groups excluding carboxylic acids is 1. The number of epoxide rings is 2. The van der Waals surface area contributed by atoms with E-state index in [-0.39, 0.29) is 46.9 Å². The van der Waals surface area contributed by atoms with Gasteiger partial charge in [0.15, 0.2) is 12.1 Å². The van der Waals surface area contributed by atoms with Crippen LogP contribution in [0.3, 0.4) is 0 Å². The highest BCUT2D eigenvalue weighted by molar-refractivity contribution is 5.98. The van der Waals surface area contributed by atoms with Crippen molar-refractivity contribution in [2.75, 3.05) is 0 Å². The molecule has 34 heavy (non-hydrogen) atoms. The van der Waals surface area contributed by atoms with E-state index in [1.165, 1.54) is 0 Å². The zero-order valence-electron chi connectivity index (χ0n) is 20.3. The van der Waals surface area contributed by atoms with Crippen LogP contribution in [0.15, 0.2) is 30.4 Å². The molecular formula is C28H34O6. The van der Waals surface area contributed by atoms with Crippen LogP contribution in [-0.4, -0.2) is 51.3 Å². The molecule has 0 aromatic heterocycles. The van der Waals surface area contributed by atoms with E-state index in [0.717, 1.165) is 36.0 Å². The Kier molecular flexibility index (Phi) is 4.08. The number of rotatable bonds is 2. The summed E-state index contributed by atoms with van der Waals surface area (Å²) >= 11 is 0. The molecule has 1 aromatic carbocycles. The van der Waals surface area contributed by atoms with Gasteiger partial charge in [0.05, 0.1) is 23.7 Å². The fraction of sp³-hybridized carbons (Fsp3) is 0.679. The van der Waals surface area contributed by atoms with Crippen LogP contribution in [0, 0.1) is 11.3 Å². The highest BCUT2D eigenvalue weighted by Gasteiger charge is 2.76. The van der Waals surface area contributed by atoms with Crippen LogP contribution in [0.4, 0.5) is 0 Å². The van der Waals surface area contributed by atoms with Crippen molar-refractivity contribution in [2.45, 2.75) is 107 Å². The van der Waals surface area contributed by atoms with Gasteiger partial charge >= 0.3 is 0 Å². The molecule has 1 saturated carbocycles. The van der Waals surface area contributed by atoms with Gasteiger partial charge in [0.25, 0.3) is 0 Å². The van der Waals surface area contributed by atoms with E-state index >= 15 is 0 Å². The largest absolute Gasteiger partial charge is 0.388 e. The lowest BCUT2D eigenvalue weighted by atomic mass is 9.49. The lowest BCUT2D eigenvalue weighted by Crippen LogP contribution is -2.56. The van der Waals surface area contributed by atoms with E-state index < -0.39 is 23.4 Å². The van der Waals surface area contributed by atoms with Crippen molar-refractivity contribution in [1.82, 2.24) is 0 Å². The number of carbonyl (C=O) groups is 1. The summed E-state index contributed by atoms with van der Waals surface area (Å²) in [5.74, 6) is 0.462. The van der Waals surface area contributed by atoms with E-state index in [1.54, 1.807) is 6.08 Å². The molecule has 0 amide bonds. The Morgan fingerprint density at radius 1 is 1.12 bits per heavy atom. The average Bonchev–Trinajstić information content (AvgIpc) is 3.66. The first-order valence-electron chi connectivity index (χ1n) is 12.8. The Hall–Kier alpha value is -1.57. The van der Waals surface area contributed by atoms with E-state index in [0.29, 0.717) is 6.42 Å². The molecule has 6 heteroatoms. The van der Waals surface area contributed by atoms with Gasteiger partial charge < -0.3 is 24.4 Å². The molecule has 3 aliphatic heterocycles. The minimum absolute atomic E-state index is 0.0452. The molecule has 6 aliphatic rings. The molecule has 2 N–H and O–H groups in total. The molecular weight excluding hydrogens is 432 g/mol. The summed E-state index contributed by atoms with van der Waals surface area (Å²) in [4.78, 5) is 13.2. The number of ether oxygens (including phenoxy) is 3. The topological polar surface area (TPSA) is 91.8 Å². The van der Waals surface area contributed by atoms with Gasteiger partial charge in [-0.05, 0) is 74.6 Å². The highest BCUT2D eigenvalue weighted by Crippen LogP contribution is 2.70. The maximum atomic E-state index is 13.2. The van der Waals surface area contributed by atoms with E-state index in [4.69, 9.17) is 14.2 Å². The molecule has 182 valence electrons. The number of fused-ring (bicyclic) bond motifs is 5. The van der Waals surface area contributed by atoms with E-state index in [1.807, 2.05) is 19.9 Å². The van der Waals surface area contributed by atoms with Gasteiger partial charge in [-0.2, -0.15) is 0 Å². The summed E-state index contributed by atoms with van der Waals surface area (Å²) in [6.45, 7) is 8.14. The van der Waals surface area contributed by atoms with Gasteiger partial charge in [-0.15, -0.1) is 0 Å². The molecule has 3 saturated heterocycles. The number of benzene rings is 1. The summed E-state index contributed by atoms with van der Waals surface area (Å²) < 4.78 is 18.1. The predicted octanol–water partition coefficient (Wildman–Crippen LogP) is 3.66. The molecule has 3 heterocycles. The van der Waals surface area contributed by atoms with E-state index in [9.17, 15) is 15.0 Å². The van der Waals surface area contributed by atoms with Crippen molar-refractivity contribution in [3.63, 3.8) is 0 Å². The van der Waals surface area contributed by atoms with Gasteiger partial charge in [0, 0.05) is 12.3 Å². The van der Waals surface area contributed by atoms with Crippen LogP contribution in [0.5, 0.6) is 0 Å². The van der Waals surface area contributed by atoms with Crippen LogP contribution in [-0.2, 0) is 19.0 Å². The second kappa shape index (κ2) is 6.40. The third-order valence-corrected chi connectivity index (χ3v) is 10.8. The third-order valence-electron chi connectivity index (χ3n) is 10.8. The zero-order valence-corrected chi connectivity index (χ0v) is 20.3. The molecule has 3 aliphatic carbocycles. The van der Waals surface area contributed by atoms with Crippen molar-refractivity contribution in [2.24, 2.45) is 11.3 Å². The Morgan fingerprint density at radius 2 is 1.91 bits per heavy atom. The summed E-state index contributed by atoms with van der Waals surface area (Å²) in [6.07, 6.45) is 5.08. The Labute approximate surface area is 200 Å². The van der Waals surface area contributed by atoms with Gasteiger partial charge in [0.1, 0.15) is 16.8 Å². The van der Waals surface area contributed by atoms with Crippen molar-refractivity contribution in [1.29, 1.82) is 0 Å². The number of ketones is 1. The van der Waals surface area contributed by atoms with Crippen molar-refractivity contribution >= 4 is 5.78 Å². The lowest BCUT2D eigenvalue weighted by Gasteiger charge is -2.52.